The van der Waals surface area contributed by atoms with Gasteiger partial charge >= 0.3 is 6.09 Å². The van der Waals surface area contributed by atoms with E-state index in [0.29, 0.717) is 13.0 Å². The van der Waals surface area contributed by atoms with Crippen LogP contribution in [0, 0.1) is 10.1 Å². The number of nitro groups is 1. The maximum atomic E-state index is 11.2. The molecule has 0 unspecified atom stereocenters. The van der Waals surface area contributed by atoms with E-state index < -0.39 is 11.0 Å². The fourth-order valence-electron chi connectivity index (χ4n) is 1.06. The SMILES string of the molecule is CCCOC(=O)Nc1ccc([N+](=O)[O-])cc1Cl. The van der Waals surface area contributed by atoms with Gasteiger partial charge in [-0.15, -0.1) is 0 Å². The van der Waals surface area contributed by atoms with E-state index in [9.17, 15) is 14.9 Å². The van der Waals surface area contributed by atoms with Crippen molar-refractivity contribution in [1.82, 2.24) is 0 Å². The summed E-state index contributed by atoms with van der Waals surface area (Å²) in [6.07, 6.45) is 0.0733. The summed E-state index contributed by atoms with van der Waals surface area (Å²) < 4.78 is 4.79. The third-order valence-electron chi connectivity index (χ3n) is 1.84. The van der Waals surface area contributed by atoms with Gasteiger partial charge in [-0.2, -0.15) is 0 Å². The van der Waals surface area contributed by atoms with Crippen molar-refractivity contribution in [2.75, 3.05) is 11.9 Å². The zero-order valence-electron chi connectivity index (χ0n) is 9.10. The van der Waals surface area contributed by atoms with Gasteiger partial charge in [-0.1, -0.05) is 18.5 Å². The van der Waals surface area contributed by atoms with Gasteiger partial charge in [-0.05, 0) is 12.5 Å². The summed E-state index contributed by atoms with van der Waals surface area (Å²) in [6, 6.07) is 3.77. The van der Waals surface area contributed by atoms with Crippen molar-refractivity contribution >= 4 is 29.1 Å². The molecule has 0 aliphatic heterocycles. The molecule has 1 N–H and O–H groups in total. The van der Waals surface area contributed by atoms with Crippen LogP contribution in [0.5, 0.6) is 0 Å². The number of hydrogen-bond acceptors (Lipinski definition) is 4. The van der Waals surface area contributed by atoms with Crippen molar-refractivity contribution in [3.05, 3.63) is 33.3 Å². The fourth-order valence-corrected chi connectivity index (χ4v) is 1.28. The van der Waals surface area contributed by atoms with Crippen LogP contribution >= 0.6 is 11.6 Å². The number of non-ortho nitro benzene ring substituents is 1. The van der Waals surface area contributed by atoms with Crippen LogP contribution in [-0.4, -0.2) is 17.6 Å². The van der Waals surface area contributed by atoms with Crippen molar-refractivity contribution in [2.45, 2.75) is 13.3 Å². The Bertz CT molecular complexity index is 436. The van der Waals surface area contributed by atoms with E-state index in [4.69, 9.17) is 16.3 Å². The number of halogens is 1. The molecule has 92 valence electrons. The van der Waals surface area contributed by atoms with Gasteiger partial charge in [0.05, 0.1) is 22.2 Å². The molecule has 7 heteroatoms. The normalized spacial score (nSPS) is 9.76. The lowest BCUT2D eigenvalue weighted by Crippen LogP contribution is -2.14. The number of hydrogen-bond donors (Lipinski definition) is 1. The third kappa shape index (κ3) is 3.92. The molecule has 1 aromatic carbocycles. The summed E-state index contributed by atoms with van der Waals surface area (Å²) in [5, 5.41) is 12.9. The Morgan fingerprint density at radius 1 is 1.59 bits per heavy atom. The number of ether oxygens (including phenoxy) is 1. The van der Waals surface area contributed by atoms with Crippen LogP contribution in [0.3, 0.4) is 0 Å². The molecule has 17 heavy (non-hydrogen) atoms. The first-order valence-electron chi connectivity index (χ1n) is 4.92. The number of nitrogens with zero attached hydrogens (tertiary/aromatic N) is 1. The molecular formula is C10H11ClN2O4. The highest BCUT2D eigenvalue weighted by Crippen LogP contribution is 2.26. The van der Waals surface area contributed by atoms with Crippen molar-refractivity contribution in [2.24, 2.45) is 0 Å². The molecular weight excluding hydrogens is 248 g/mol. The Morgan fingerprint density at radius 2 is 2.29 bits per heavy atom. The molecule has 1 aromatic rings. The van der Waals surface area contributed by atoms with E-state index in [2.05, 4.69) is 5.32 Å². The molecule has 0 heterocycles. The second-order valence-corrected chi connectivity index (χ2v) is 3.59. The Balaban J connectivity index is 2.72. The molecule has 0 radical (unpaired) electrons. The van der Waals surface area contributed by atoms with Crippen molar-refractivity contribution in [1.29, 1.82) is 0 Å². The molecule has 0 fully saturated rings. The number of anilines is 1. The molecule has 6 nitrogen and oxygen atoms in total. The lowest BCUT2D eigenvalue weighted by atomic mass is 10.3. The lowest BCUT2D eigenvalue weighted by molar-refractivity contribution is -0.384. The lowest BCUT2D eigenvalue weighted by Gasteiger charge is -2.07. The topological polar surface area (TPSA) is 81.5 Å². The van der Waals surface area contributed by atoms with Gasteiger partial charge in [0.2, 0.25) is 0 Å². The van der Waals surface area contributed by atoms with Crippen LogP contribution in [-0.2, 0) is 4.74 Å². The smallest absolute Gasteiger partial charge is 0.411 e. The van der Waals surface area contributed by atoms with Gasteiger partial charge in [0.15, 0.2) is 0 Å². The molecule has 0 atom stereocenters. The van der Waals surface area contributed by atoms with Gasteiger partial charge in [0.1, 0.15) is 0 Å². The average molecular weight is 259 g/mol. The van der Waals surface area contributed by atoms with E-state index in [1.165, 1.54) is 12.1 Å². The second-order valence-electron chi connectivity index (χ2n) is 3.18. The molecule has 0 bridgehead atoms. The molecule has 0 saturated heterocycles. The van der Waals surface area contributed by atoms with Crippen LogP contribution in [0.4, 0.5) is 16.2 Å². The van der Waals surface area contributed by atoms with Crippen LogP contribution in [0.2, 0.25) is 5.02 Å². The maximum absolute atomic E-state index is 11.2. The Hall–Kier alpha value is -1.82. The Morgan fingerprint density at radius 3 is 2.82 bits per heavy atom. The maximum Gasteiger partial charge on any atom is 0.411 e. The molecule has 1 rings (SSSR count). The van der Waals surface area contributed by atoms with Crippen molar-refractivity contribution in [3.8, 4) is 0 Å². The fraction of sp³-hybridized carbons (Fsp3) is 0.300. The number of benzene rings is 1. The second kappa shape index (κ2) is 6.05. The number of nitro benzene ring substituents is 1. The number of nitrogens with one attached hydrogen (secondary N) is 1. The minimum atomic E-state index is -0.636. The van der Waals surface area contributed by atoms with Crippen molar-refractivity contribution < 1.29 is 14.5 Å². The number of carbonyl (C=O) groups is 1. The molecule has 1 amide bonds. The van der Waals surface area contributed by atoms with E-state index in [0.717, 1.165) is 6.07 Å². The molecule has 0 spiro atoms. The summed E-state index contributed by atoms with van der Waals surface area (Å²) in [5.41, 5.74) is 0.140. The van der Waals surface area contributed by atoms with Crippen molar-refractivity contribution in [3.63, 3.8) is 0 Å². The number of amides is 1. The van der Waals surface area contributed by atoms with Gasteiger partial charge < -0.3 is 4.74 Å². The van der Waals surface area contributed by atoms with Gasteiger partial charge in [0, 0.05) is 12.1 Å². The van der Waals surface area contributed by atoms with Crippen LogP contribution < -0.4 is 5.32 Å². The summed E-state index contributed by atoms with van der Waals surface area (Å²) in [7, 11) is 0. The van der Waals surface area contributed by atoms with Gasteiger partial charge in [0.25, 0.3) is 5.69 Å². The Kier molecular flexibility index (Phi) is 4.71. The van der Waals surface area contributed by atoms with Gasteiger partial charge in [-0.3, -0.25) is 15.4 Å². The van der Waals surface area contributed by atoms with E-state index in [1.54, 1.807) is 0 Å². The predicted molar refractivity (Wildman–Crippen MR) is 63.4 cm³/mol. The summed E-state index contributed by atoms with van der Waals surface area (Å²) in [5.74, 6) is 0. The standard InChI is InChI=1S/C10H11ClN2O4/c1-2-5-17-10(14)12-9-4-3-7(13(15)16)6-8(9)11/h3-4,6H,2,5H2,1H3,(H,12,14). The predicted octanol–water partition coefficient (Wildman–Crippen LogP) is 3.21. The van der Waals surface area contributed by atoms with E-state index in [1.807, 2.05) is 6.92 Å². The third-order valence-corrected chi connectivity index (χ3v) is 2.15. The highest BCUT2D eigenvalue weighted by molar-refractivity contribution is 6.33. The van der Waals surface area contributed by atoms with E-state index >= 15 is 0 Å². The molecule has 0 aromatic heterocycles. The highest BCUT2D eigenvalue weighted by atomic mass is 35.5. The monoisotopic (exact) mass is 258 g/mol. The van der Waals surface area contributed by atoms with E-state index in [-0.39, 0.29) is 16.4 Å². The summed E-state index contributed by atoms with van der Waals surface area (Å²) >= 11 is 5.78. The minimum absolute atomic E-state index is 0.0904. The first-order chi connectivity index (χ1) is 8.04. The summed E-state index contributed by atoms with van der Waals surface area (Å²) in [4.78, 5) is 21.1. The van der Waals surface area contributed by atoms with Crippen LogP contribution in [0.15, 0.2) is 18.2 Å². The average Bonchev–Trinajstić information content (AvgIpc) is 2.28. The Labute approximate surface area is 103 Å². The van der Waals surface area contributed by atoms with Gasteiger partial charge in [-0.25, -0.2) is 4.79 Å². The first-order valence-corrected chi connectivity index (χ1v) is 5.30. The highest BCUT2D eigenvalue weighted by Gasteiger charge is 2.11. The zero-order valence-corrected chi connectivity index (χ0v) is 9.86. The quantitative estimate of drug-likeness (QED) is 0.664. The first kappa shape index (κ1) is 13.2. The summed E-state index contributed by atoms with van der Waals surface area (Å²) in [6.45, 7) is 2.17. The zero-order chi connectivity index (χ0) is 12.8. The largest absolute Gasteiger partial charge is 0.449 e. The van der Waals surface area contributed by atoms with Crippen LogP contribution in [0.25, 0.3) is 0 Å². The number of carbonyl (C=O) groups excluding carboxylic acids is 1. The minimum Gasteiger partial charge on any atom is -0.449 e. The number of rotatable bonds is 4. The van der Waals surface area contributed by atoms with Crippen LogP contribution in [0.1, 0.15) is 13.3 Å². The molecule has 0 aliphatic rings. The molecule has 0 aliphatic carbocycles. The molecule has 0 saturated carbocycles.